The fraction of sp³-hybridized carbons (Fsp3) is 0.500. The van der Waals surface area contributed by atoms with Crippen LogP contribution in [0.3, 0.4) is 0 Å². The first-order valence-electron chi connectivity index (χ1n) is 3.97. The highest BCUT2D eigenvalue weighted by molar-refractivity contribution is 9.11. The first-order valence-corrected chi connectivity index (χ1v) is 5.58. The Bertz CT molecular complexity index is 346. The summed E-state index contributed by atoms with van der Waals surface area (Å²) < 4.78 is 5.38. The van der Waals surface area contributed by atoms with E-state index in [9.17, 15) is 4.79 Å². The molecule has 1 saturated carbocycles. The minimum absolute atomic E-state index is 0.366. The third-order valence-corrected chi connectivity index (χ3v) is 3.78. The van der Waals surface area contributed by atoms with Gasteiger partial charge in [0, 0.05) is 5.92 Å². The molecule has 0 aromatic carbocycles. The van der Waals surface area contributed by atoms with Crippen molar-refractivity contribution in [2.75, 3.05) is 7.11 Å². The molecule has 1 aromatic rings. The van der Waals surface area contributed by atoms with Crippen molar-refractivity contribution in [1.29, 1.82) is 0 Å². The van der Waals surface area contributed by atoms with Crippen molar-refractivity contribution in [2.45, 2.75) is 18.8 Å². The van der Waals surface area contributed by atoms with Gasteiger partial charge in [-0.2, -0.15) is 0 Å². The second-order valence-corrected chi connectivity index (χ2v) is 5.29. The number of rotatable bonds is 2. The van der Waals surface area contributed by atoms with E-state index in [0.29, 0.717) is 11.6 Å². The van der Waals surface area contributed by atoms with Crippen LogP contribution in [0.4, 0.5) is 0 Å². The number of halogens is 1. The first-order chi connectivity index (χ1) is 6.22. The third-order valence-electron chi connectivity index (χ3n) is 1.91. The van der Waals surface area contributed by atoms with E-state index in [1.807, 2.05) is 0 Å². The molecule has 0 aliphatic heterocycles. The maximum absolute atomic E-state index is 11.2. The number of esters is 1. The molecule has 0 spiro atoms. The van der Waals surface area contributed by atoms with E-state index in [1.54, 1.807) is 0 Å². The van der Waals surface area contributed by atoms with Crippen molar-refractivity contribution in [1.82, 2.24) is 4.98 Å². The van der Waals surface area contributed by atoms with E-state index in [2.05, 4.69) is 25.7 Å². The second kappa shape index (κ2) is 3.38. The highest BCUT2D eigenvalue weighted by Crippen LogP contribution is 2.43. The largest absolute Gasteiger partial charge is 0.464 e. The Morgan fingerprint density at radius 2 is 2.38 bits per heavy atom. The number of hydrogen-bond donors (Lipinski definition) is 0. The Kier molecular flexibility index (Phi) is 2.38. The molecule has 1 aromatic heterocycles. The Morgan fingerprint density at radius 1 is 1.69 bits per heavy atom. The van der Waals surface area contributed by atoms with Gasteiger partial charge in [0.2, 0.25) is 0 Å². The zero-order valence-electron chi connectivity index (χ0n) is 7.04. The van der Waals surface area contributed by atoms with Gasteiger partial charge >= 0.3 is 5.97 Å². The van der Waals surface area contributed by atoms with Crippen molar-refractivity contribution >= 4 is 33.2 Å². The van der Waals surface area contributed by atoms with Gasteiger partial charge in [-0.25, -0.2) is 9.78 Å². The minimum Gasteiger partial charge on any atom is -0.464 e. The van der Waals surface area contributed by atoms with Crippen molar-refractivity contribution in [3.8, 4) is 0 Å². The van der Waals surface area contributed by atoms with E-state index >= 15 is 0 Å². The van der Waals surface area contributed by atoms with Crippen LogP contribution in [-0.2, 0) is 4.74 Å². The number of hydrogen-bond acceptors (Lipinski definition) is 4. The standard InChI is InChI=1S/C8H8BrNO2S/c1-12-8(11)5-6(9)13-7(10-5)4-2-3-4/h4H,2-3H2,1H3. The van der Waals surface area contributed by atoms with Gasteiger partial charge in [0.25, 0.3) is 0 Å². The normalized spacial score (nSPS) is 15.8. The van der Waals surface area contributed by atoms with Gasteiger partial charge in [0.1, 0.15) is 3.79 Å². The number of carbonyl (C=O) groups excluding carboxylic acids is 1. The van der Waals surface area contributed by atoms with Crippen LogP contribution in [0.15, 0.2) is 3.79 Å². The molecule has 0 N–H and O–H groups in total. The highest BCUT2D eigenvalue weighted by Gasteiger charge is 2.29. The number of thiazole rings is 1. The van der Waals surface area contributed by atoms with Crippen LogP contribution in [0, 0.1) is 0 Å². The average molecular weight is 262 g/mol. The summed E-state index contributed by atoms with van der Waals surface area (Å²) in [6.07, 6.45) is 2.39. The summed E-state index contributed by atoms with van der Waals surface area (Å²) >= 11 is 4.84. The maximum Gasteiger partial charge on any atom is 0.358 e. The summed E-state index contributed by atoms with van der Waals surface area (Å²) in [5.41, 5.74) is 0.411. The molecular formula is C8H8BrNO2S. The SMILES string of the molecule is COC(=O)c1nc(C2CC2)sc1Br. The molecule has 13 heavy (non-hydrogen) atoms. The molecule has 0 radical (unpaired) electrons. The summed E-state index contributed by atoms with van der Waals surface area (Å²) in [5.74, 6) is 0.217. The van der Waals surface area contributed by atoms with E-state index in [-0.39, 0.29) is 5.97 Å². The second-order valence-electron chi connectivity index (χ2n) is 2.94. The molecule has 0 unspecified atom stereocenters. The summed E-state index contributed by atoms with van der Waals surface area (Å²) in [7, 11) is 1.37. The van der Waals surface area contributed by atoms with Gasteiger partial charge in [-0.15, -0.1) is 11.3 Å². The molecule has 1 fully saturated rings. The van der Waals surface area contributed by atoms with Crippen LogP contribution in [0.2, 0.25) is 0 Å². The van der Waals surface area contributed by atoms with Gasteiger partial charge in [0.05, 0.1) is 12.1 Å². The van der Waals surface area contributed by atoms with Gasteiger partial charge in [-0.05, 0) is 28.8 Å². The number of nitrogens with zero attached hydrogens (tertiary/aromatic N) is 1. The minimum atomic E-state index is -0.366. The Labute approximate surface area is 88.3 Å². The lowest BCUT2D eigenvalue weighted by Crippen LogP contribution is -2.02. The molecule has 0 amide bonds. The smallest absolute Gasteiger partial charge is 0.358 e. The van der Waals surface area contributed by atoms with Crippen molar-refractivity contribution in [2.24, 2.45) is 0 Å². The zero-order valence-corrected chi connectivity index (χ0v) is 9.44. The van der Waals surface area contributed by atoms with E-state index in [0.717, 1.165) is 8.79 Å². The number of carbonyl (C=O) groups is 1. The highest BCUT2D eigenvalue weighted by atomic mass is 79.9. The van der Waals surface area contributed by atoms with Crippen LogP contribution < -0.4 is 0 Å². The van der Waals surface area contributed by atoms with Crippen LogP contribution in [0.5, 0.6) is 0 Å². The zero-order chi connectivity index (χ0) is 9.42. The quantitative estimate of drug-likeness (QED) is 0.769. The Hall–Kier alpha value is -0.420. The molecule has 2 rings (SSSR count). The first kappa shape index (κ1) is 9.15. The van der Waals surface area contributed by atoms with Gasteiger partial charge in [-0.1, -0.05) is 0 Å². The number of ether oxygens (including phenoxy) is 1. The van der Waals surface area contributed by atoms with Crippen molar-refractivity contribution in [3.63, 3.8) is 0 Å². The number of aromatic nitrogens is 1. The van der Waals surface area contributed by atoms with Gasteiger partial charge in [0.15, 0.2) is 5.69 Å². The van der Waals surface area contributed by atoms with Crippen LogP contribution in [0.1, 0.15) is 34.3 Å². The predicted octanol–water partition coefficient (Wildman–Crippen LogP) is 2.57. The van der Waals surface area contributed by atoms with Crippen molar-refractivity contribution < 1.29 is 9.53 Å². The lowest BCUT2D eigenvalue weighted by atomic mass is 10.4. The monoisotopic (exact) mass is 261 g/mol. The summed E-state index contributed by atoms with van der Waals surface area (Å²) in [6.45, 7) is 0. The summed E-state index contributed by atoms with van der Waals surface area (Å²) in [5, 5.41) is 1.05. The Balaban J connectivity index is 2.29. The van der Waals surface area contributed by atoms with E-state index < -0.39 is 0 Å². The fourth-order valence-corrected chi connectivity index (χ4v) is 2.74. The Morgan fingerprint density at radius 3 is 2.92 bits per heavy atom. The van der Waals surface area contributed by atoms with Gasteiger partial charge < -0.3 is 4.74 Å². The molecule has 5 heteroatoms. The van der Waals surface area contributed by atoms with Crippen LogP contribution in [-0.4, -0.2) is 18.1 Å². The molecule has 3 nitrogen and oxygen atoms in total. The van der Waals surface area contributed by atoms with Crippen LogP contribution >= 0.6 is 27.3 Å². The molecule has 70 valence electrons. The van der Waals surface area contributed by atoms with Gasteiger partial charge in [-0.3, -0.25) is 0 Å². The molecule has 1 aliphatic rings. The molecule has 0 saturated heterocycles. The van der Waals surface area contributed by atoms with Crippen LogP contribution in [0.25, 0.3) is 0 Å². The molecule has 1 aliphatic carbocycles. The lowest BCUT2D eigenvalue weighted by molar-refractivity contribution is 0.0593. The third kappa shape index (κ3) is 1.76. The lowest BCUT2D eigenvalue weighted by Gasteiger charge is -1.92. The average Bonchev–Trinajstić information content (AvgIpc) is 2.89. The molecule has 0 bridgehead atoms. The summed E-state index contributed by atoms with van der Waals surface area (Å²) in [6, 6.07) is 0. The topological polar surface area (TPSA) is 39.2 Å². The molecular weight excluding hydrogens is 254 g/mol. The predicted molar refractivity (Wildman–Crippen MR) is 53.1 cm³/mol. The molecule has 0 atom stereocenters. The number of methoxy groups -OCH3 is 1. The maximum atomic E-state index is 11.2. The molecule has 1 heterocycles. The van der Waals surface area contributed by atoms with E-state index in [1.165, 1.54) is 31.3 Å². The summed E-state index contributed by atoms with van der Waals surface area (Å²) in [4.78, 5) is 15.4. The van der Waals surface area contributed by atoms with E-state index in [4.69, 9.17) is 0 Å². The van der Waals surface area contributed by atoms with Crippen molar-refractivity contribution in [3.05, 3.63) is 14.5 Å². The fourth-order valence-electron chi connectivity index (χ4n) is 1.04.